The Hall–Kier alpha value is -2.09. The molecule has 1 aromatic rings. The van der Waals surface area contributed by atoms with Gasteiger partial charge in [-0.05, 0) is 24.6 Å². The van der Waals surface area contributed by atoms with Crippen molar-refractivity contribution in [3.05, 3.63) is 18.2 Å². The number of nitrogens with zero attached hydrogens (tertiary/aromatic N) is 2. The molecule has 3 rings (SSSR count). The SMILES string of the molecule is CN(C)C(=O)[C@@H]1C[C@@H]1C(=O)N1CCOc2ccc(S(C)(=O)=O)cc21. The number of hydrogen-bond donors (Lipinski definition) is 0. The van der Waals surface area contributed by atoms with Gasteiger partial charge in [0.2, 0.25) is 11.8 Å². The van der Waals surface area contributed by atoms with E-state index in [4.69, 9.17) is 4.74 Å². The molecule has 0 spiro atoms. The van der Waals surface area contributed by atoms with Crippen LogP contribution in [0, 0.1) is 11.8 Å². The minimum absolute atomic E-state index is 0.0493. The molecular formula is C16H20N2O5S. The smallest absolute Gasteiger partial charge is 0.231 e. The van der Waals surface area contributed by atoms with Crippen molar-refractivity contribution >= 4 is 27.3 Å². The molecule has 1 aliphatic carbocycles. The van der Waals surface area contributed by atoms with Crippen LogP contribution in [0.1, 0.15) is 6.42 Å². The molecule has 0 aromatic heterocycles. The molecule has 1 aliphatic heterocycles. The normalized spacial score (nSPS) is 22.4. The molecule has 24 heavy (non-hydrogen) atoms. The fourth-order valence-electron chi connectivity index (χ4n) is 2.93. The third-order valence-corrected chi connectivity index (χ3v) is 5.46. The third-order valence-electron chi connectivity index (χ3n) is 4.35. The van der Waals surface area contributed by atoms with Gasteiger partial charge in [-0.1, -0.05) is 0 Å². The van der Waals surface area contributed by atoms with E-state index in [1.807, 2.05) is 0 Å². The number of benzene rings is 1. The first-order valence-corrected chi connectivity index (χ1v) is 9.58. The molecule has 0 saturated heterocycles. The van der Waals surface area contributed by atoms with Gasteiger partial charge >= 0.3 is 0 Å². The molecule has 0 bridgehead atoms. The van der Waals surface area contributed by atoms with Gasteiger partial charge in [0.25, 0.3) is 0 Å². The van der Waals surface area contributed by atoms with E-state index < -0.39 is 9.84 Å². The van der Waals surface area contributed by atoms with Gasteiger partial charge in [0.05, 0.1) is 29.0 Å². The summed E-state index contributed by atoms with van der Waals surface area (Å²) in [5, 5.41) is 0. The van der Waals surface area contributed by atoms with E-state index >= 15 is 0 Å². The van der Waals surface area contributed by atoms with Gasteiger partial charge in [-0.3, -0.25) is 9.59 Å². The molecule has 1 heterocycles. The summed E-state index contributed by atoms with van der Waals surface area (Å²) in [6.07, 6.45) is 1.66. The van der Waals surface area contributed by atoms with E-state index in [1.54, 1.807) is 25.1 Å². The summed E-state index contributed by atoms with van der Waals surface area (Å²) < 4.78 is 29.0. The fraction of sp³-hybridized carbons (Fsp3) is 0.500. The van der Waals surface area contributed by atoms with E-state index in [9.17, 15) is 18.0 Å². The lowest BCUT2D eigenvalue weighted by Crippen LogP contribution is -2.40. The number of fused-ring (bicyclic) bond motifs is 1. The second-order valence-electron chi connectivity index (χ2n) is 6.42. The minimum atomic E-state index is -3.38. The van der Waals surface area contributed by atoms with Gasteiger partial charge in [-0.25, -0.2) is 8.42 Å². The van der Waals surface area contributed by atoms with Crippen molar-refractivity contribution in [1.29, 1.82) is 0 Å². The number of carbonyl (C=O) groups excluding carboxylic acids is 2. The van der Waals surface area contributed by atoms with Crippen molar-refractivity contribution < 1.29 is 22.7 Å². The highest BCUT2D eigenvalue weighted by atomic mass is 32.2. The lowest BCUT2D eigenvalue weighted by Gasteiger charge is -2.30. The van der Waals surface area contributed by atoms with E-state index in [0.29, 0.717) is 31.0 Å². The number of amides is 2. The first kappa shape index (κ1) is 16.8. The minimum Gasteiger partial charge on any atom is -0.490 e. The maximum Gasteiger partial charge on any atom is 0.231 e. The molecule has 7 nitrogen and oxygen atoms in total. The fourth-order valence-corrected chi connectivity index (χ4v) is 3.57. The molecule has 0 N–H and O–H groups in total. The molecule has 1 fully saturated rings. The largest absolute Gasteiger partial charge is 0.490 e. The average Bonchev–Trinajstić information content (AvgIpc) is 3.31. The highest BCUT2D eigenvalue weighted by Crippen LogP contribution is 2.44. The Kier molecular flexibility index (Phi) is 4.03. The molecule has 130 valence electrons. The zero-order chi connectivity index (χ0) is 17.6. The quantitative estimate of drug-likeness (QED) is 0.793. The number of anilines is 1. The molecule has 0 unspecified atom stereocenters. The maximum absolute atomic E-state index is 12.8. The van der Waals surface area contributed by atoms with Crippen molar-refractivity contribution in [3.8, 4) is 5.75 Å². The molecular weight excluding hydrogens is 332 g/mol. The summed E-state index contributed by atoms with van der Waals surface area (Å²) in [6.45, 7) is 0.689. The number of ether oxygens (including phenoxy) is 1. The zero-order valence-electron chi connectivity index (χ0n) is 13.9. The second-order valence-corrected chi connectivity index (χ2v) is 8.44. The second kappa shape index (κ2) is 5.77. The molecule has 2 atom stereocenters. The Labute approximate surface area is 141 Å². The predicted octanol–water partition coefficient (Wildman–Crippen LogP) is 0.540. The number of rotatable bonds is 3. The van der Waals surface area contributed by atoms with Crippen LogP contribution in [0.15, 0.2) is 23.1 Å². The first-order chi connectivity index (χ1) is 11.2. The molecule has 1 aromatic carbocycles. The van der Waals surface area contributed by atoms with Crippen LogP contribution < -0.4 is 9.64 Å². The van der Waals surface area contributed by atoms with Crippen molar-refractivity contribution in [2.45, 2.75) is 11.3 Å². The molecule has 2 amide bonds. The van der Waals surface area contributed by atoms with E-state index in [2.05, 4.69) is 0 Å². The summed E-state index contributed by atoms with van der Waals surface area (Å²) in [7, 11) is -0.0373. The summed E-state index contributed by atoms with van der Waals surface area (Å²) in [6, 6.07) is 4.50. The maximum atomic E-state index is 12.8. The zero-order valence-corrected chi connectivity index (χ0v) is 14.7. The van der Waals surface area contributed by atoms with Crippen molar-refractivity contribution in [2.75, 3.05) is 38.4 Å². The summed E-state index contributed by atoms with van der Waals surface area (Å²) in [5.41, 5.74) is 0.456. The Morgan fingerprint density at radius 2 is 1.96 bits per heavy atom. The molecule has 2 aliphatic rings. The van der Waals surface area contributed by atoms with Crippen LogP contribution >= 0.6 is 0 Å². The monoisotopic (exact) mass is 352 g/mol. The van der Waals surface area contributed by atoms with Crippen LogP contribution in [0.2, 0.25) is 0 Å². The Bertz CT molecular complexity index is 803. The van der Waals surface area contributed by atoms with Crippen LogP contribution in [0.5, 0.6) is 5.75 Å². The van der Waals surface area contributed by atoms with Crippen molar-refractivity contribution in [1.82, 2.24) is 4.90 Å². The van der Waals surface area contributed by atoms with Gasteiger partial charge in [-0.2, -0.15) is 0 Å². The molecule has 8 heteroatoms. The lowest BCUT2D eigenvalue weighted by molar-refractivity contribution is -0.132. The number of carbonyl (C=O) groups is 2. The van der Waals surface area contributed by atoms with Crippen LogP contribution in [-0.2, 0) is 19.4 Å². The molecule has 1 saturated carbocycles. The van der Waals surface area contributed by atoms with Crippen LogP contribution in [-0.4, -0.2) is 58.6 Å². The average molecular weight is 352 g/mol. The Morgan fingerprint density at radius 1 is 1.25 bits per heavy atom. The highest BCUT2D eigenvalue weighted by Gasteiger charge is 2.50. The highest BCUT2D eigenvalue weighted by molar-refractivity contribution is 7.90. The van der Waals surface area contributed by atoms with E-state index in [1.165, 1.54) is 17.0 Å². The standard InChI is InChI=1S/C16H20N2O5S/c1-17(2)15(19)11-9-12(11)16(20)18-6-7-23-14-5-4-10(8-13(14)18)24(3,21)22/h4-5,8,11-12H,6-7,9H2,1-3H3/t11-,12+/m1/s1. The first-order valence-electron chi connectivity index (χ1n) is 7.69. The van der Waals surface area contributed by atoms with Gasteiger partial charge in [0.1, 0.15) is 12.4 Å². The van der Waals surface area contributed by atoms with Gasteiger partial charge < -0.3 is 14.5 Å². The predicted molar refractivity (Wildman–Crippen MR) is 87.7 cm³/mol. The van der Waals surface area contributed by atoms with Crippen LogP contribution in [0.4, 0.5) is 5.69 Å². The summed E-state index contributed by atoms with van der Waals surface area (Å²) in [5.74, 6) is -0.333. The number of sulfone groups is 1. The van der Waals surface area contributed by atoms with Crippen LogP contribution in [0.3, 0.4) is 0 Å². The summed E-state index contributed by atoms with van der Waals surface area (Å²) >= 11 is 0. The van der Waals surface area contributed by atoms with E-state index in [-0.39, 0.29) is 28.5 Å². The number of hydrogen-bond acceptors (Lipinski definition) is 5. The van der Waals surface area contributed by atoms with Crippen LogP contribution in [0.25, 0.3) is 0 Å². The van der Waals surface area contributed by atoms with Gasteiger partial charge in [0, 0.05) is 20.4 Å². The van der Waals surface area contributed by atoms with Gasteiger partial charge in [-0.15, -0.1) is 0 Å². The molecule has 0 radical (unpaired) electrons. The van der Waals surface area contributed by atoms with Gasteiger partial charge in [0.15, 0.2) is 9.84 Å². The third kappa shape index (κ3) is 2.98. The van der Waals surface area contributed by atoms with Crippen molar-refractivity contribution in [3.63, 3.8) is 0 Å². The topological polar surface area (TPSA) is 84.0 Å². The Morgan fingerprint density at radius 3 is 2.58 bits per heavy atom. The van der Waals surface area contributed by atoms with Crippen molar-refractivity contribution in [2.24, 2.45) is 11.8 Å². The van der Waals surface area contributed by atoms with E-state index in [0.717, 1.165) is 6.26 Å². The Balaban J connectivity index is 1.87. The lowest BCUT2D eigenvalue weighted by atomic mass is 10.2. The summed E-state index contributed by atoms with van der Waals surface area (Å²) in [4.78, 5) is 27.9.